The van der Waals surface area contributed by atoms with E-state index in [1.807, 2.05) is 70.4 Å². The third-order valence-electron chi connectivity index (χ3n) is 4.88. The van der Waals surface area contributed by atoms with Crippen LogP contribution in [-0.2, 0) is 0 Å². The van der Waals surface area contributed by atoms with Gasteiger partial charge in [-0.15, -0.1) is 16.4 Å². The molecule has 2 aromatic carbocycles. The number of fused-ring (bicyclic) bond motifs is 1. The summed E-state index contributed by atoms with van der Waals surface area (Å²) in [7, 11) is 0. The Morgan fingerprint density at radius 3 is 2.74 bits per heavy atom. The fraction of sp³-hybridized carbons (Fsp3) is 0.200. The topological polar surface area (TPSA) is 63.9 Å². The van der Waals surface area contributed by atoms with Crippen LogP contribution >= 0.6 is 11.3 Å². The average molecular weight is 375 g/mol. The molecule has 3 heterocycles. The molecule has 1 aliphatic rings. The summed E-state index contributed by atoms with van der Waals surface area (Å²) in [6.45, 7) is 1.34. The van der Waals surface area contributed by atoms with E-state index in [1.54, 1.807) is 0 Å². The molecule has 1 saturated heterocycles. The molecule has 0 spiro atoms. The van der Waals surface area contributed by atoms with E-state index in [9.17, 15) is 4.79 Å². The molecule has 1 unspecified atom stereocenters. The van der Waals surface area contributed by atoms with E-state index in [1.165, 1.54) is 11.3 Å². The standard InChI is InChI=1S/C20H17N5OS/c26-20(19-21-16-8-4-5-9-18(16)27-19)24-11-10-15(12-24)25-13-17(22-23-25)14-6-2-1-3-7-14/h1-9,13,15H,10-12H2. The van der Waals surface area contributed by atoms with Crippen LogP contribution in [0.25, 0.3) is 21.5 Å². The number of hydrogen-bond acceptors (Lipinski definition) is 5. The zero-order valence-electron chi connectivity index (χ0n) is 14.5. The van der Waals surface area contributed by atoms with Gasteiger partial charge < -0.3 is 4.90 Å². The molecule has 6 nitrogen and oxygen atoms in total. The lowest BCUT2D eigenvalue weighted by molar-refractivity contribution is 0.0787. The molecule has 0 bridgehead atoms. The Hall–Kier alpha value is -3.06. The number of hydrogen-bond donors (Lipinski definition) is 0. The summed E-state index contributed by atoms with van der Waals surface area (Å²) in [6, 6.07) is 18.0. The molecule has 1 aliphatic heterocycles. The fourth-order valence-corrected chi connectivity index (χ4v) is 4.37. The van der Waals surface area contributed by atoms with Crippen LogP contribution in [-0.4, -0.2) is 43.9 Å². The molecule has 1 atom stereocenters. The molecule has 0 saturated carbocycles. The van der Waals surface area contributed by atoms with Crippen LogP contribution in [0.5, 0.6) is 0 Å². The Morgan fingerprint density at radius 1 is 1.07 bits per heavy atom. The van der Waals surface area contributed by atoms with Crippen molar-refractivity contribution in [2.75, 3.05) is 13.1 Å². The maximum atomic E-state index is 12.8. The van der Waals surface area contributed by atoms with Gasteiger partial charge >= 0.3 is 0 Å². The van der Waals surface area contributed by atoms with Crippen molar-refractivity contribution in [2.45, 2.75) is 12.5 Å². The van der Waals surface area contributed by atoms with Crippen LogP contribution in [0.2, 0.25) is 0 Å². The zero-order chi connectivity index (χ0) is 18.2. The normalized spacial score (nSPS) is 16.9. The summed E-state index contributed by atoms with van der Waals surface area (Å²) in [5.74, 6) is 0.00194. The number of carbonyl (C=O) groups is 1. The number of likely N-dealkylation sites (tertiary alicyclic amines) is 1. The number of rotatable bonds is 3. The number of nitrogens with zero attached hydrogens (tertiary/aromatic N) is 5. The van der Waals surface area contributed by atoms with Crippen molar-refractivity contribution in [1.29, 1.82) is 0 Å². The molecule has 2 aromatic heterocycles. The van der Waals surface area contributed by atoms with E-state index in [4.69, 9.17) is 0 Å². The number of aromatic nitrogens is 4. The highest BCUT2D eigenvalue weighted by molar-refractivity contribution is 7.20. The molecule has 5 rings (SSSR count). The minimum Gasteiger partial charge on any atom is -0.334 e. The Kier molecular flexibility index (Phi) is 3.94. The lowest BCUT2D eigenvalue weighted by Crippen LogP contribution is -2.29. The summed E-state index contributed by atoms with van der Waals surface area (Å²) in [5.41, 5.74) is 2.78. The summed E-state index contributed by atoms with van der Waals surface area (Å²) < 4.78 is 2.92. The highest BCUT2D eigenvalue weighted by Gasteiger charge is 2.30. The first-order valence-electron chi connectivity index (χ1n) is 8.90. The smallest absolute Gasteiger partial charge is 0.282 e. The van der Waals surface area contributed by atoms with Gasteiger partial charge in [0.15, 0.2) is 5.01 Å². The summed E-state index contributed by atoms with van der Waals surface area (Å²) in [5, 5.41) is 9.13. The fourth-order valence-electron chi connectivity index (χ4n) is 3.44. The van der Waals surface area contributed by atoms with Crippen LogP contribution in [0, 0.1) is 0 Å². The largest absolute Gasteiger partial charge is 0.334 e. The summed E-state index contributed by atoms with van der Waals surface area (Å²) in [6.07, 6.45) is 2.83. The van der Waals surface area contributed by atoms with E-state index in [2.05, 4.69) is 15.3 Å². The molecule has 1 fully saturated rings. The second kappa shape index (κ2) is 6.59. The number of benzene rings is 2. The molecule has 7 heteroatoms. The van der Waals surface area contributed by atoms with Crippen LogP contribution in [0.4, 0.5) is 0 Å². The minimum absolute atomic E-state index is 0.00194. The molecular weight excluding hydrogens is 358 g/mol. The Bertz CT molecular complexity index is 1070. The number of para-hydroxylation sites is 1. The molecule has 134 valence electrons. The van der Waals surface area contributed by atoms with Crippen LogP contribution in [0.3, 0.4) is 0 Å². The SMILES string of the molecule is O=C(c1nc2ccccc2s1)N1CCC(n2cc(-c3ccccc3)nn2)C1. The minimum atomic E-state index is 0.00194. The predicted molar refractivity (Wildman–Crippen MR) is 105 cm³/mol. The Labute approximate surface area is 160 Å². The highest BCUT2D eigenvalue weighted by Crippen LogP contribution is 2.27. The molecule has 0 aliphatic carbocycles. The zero-order valence-corrected chi connectivity index (χ0v) is 15.3. The molecule has 27 heavy (non-hydrogen) atoms. The van der Waals surface area contributed by atoms with Gasteiger partial charge in [0.25, 0.3) is 5.91 Å². The molecule has 4 aromatic rings. The van der Waals surface area contributed by atoms with E-state index < -0.39 is 0 Å². The van der Waals surface area contributed by atoms with Gasteiger partial charge in [0.1, 0.15) is 5.69 Å². The molecular formula is C20H17N5OS. The Balaban J connectivity index is 1.32. The van der Waals surface area contributed by atoms with Crippen molar-refractivity contribution in [3.05, 3.63) is 65.8 Å². The van der Waals surface area contributed by atoms with Gasteiger partial charge in [0.2, 0.25) is 0 Å². The third kappa shape index (κ3) is 3.00. The lowest BCUT2D eigenvalue weighted by atomic mass is 10.2. The van der Waals surface area contributed by atoms with Crippen LogP contribution in [0.15, 0.2) is 60.8 Å². The van der Waals surface area contributed by atoms with Crippen molar-refractivity contribution in [2.24, 2.45) is 0 Å². The second-order valence-electron chi connectivity index (χ2n) is 6.63. The molecule has 0 radical (unpaired) electrons. The average Bonchev–Trinajstić information content (AvgIpc) is 3.46. The van der Waals surface area contributed by atoms with Gasteiger partial charge in [0.05, 0.1) is 22.5 Å². The van der Waals surface area contributed by atoms with E-state index in [0.29, 0.717) is 18.1 Å². The van der Waals surface area contributed by atoms with Gasteiger partial charge in [0, 0.05) is 18.7 Å². The first kappa shape index (κ1) is 16.1. The van der Waals surface area contributed by atoms with E-state index in [0.717, 1.165) is 27.9 Å². The van der Waals surface area contributed by atoms with Crippen LogP contribution < -0.4 is 0 Å². The predicted octanol–water partition coefficient (Wildman–Crippen LogP) is 3.64. The Morgan fingerprint density at radius 2 is 1.89 bits per heavy atom. The van der Waals surface area contributed by atoms with Crippen molar-refractivity contribution in [3.8, 4) is 11.3 Å². The maximum absolute atomic E-state index is 12.8. The molecule has 1 amide bonds. The van der Waals surface area contributed by atoms with Gasteiger partial charge in [-0.1, -0.05) is 47.7 Å². The number of amides is 1. The van der Waals surface area contributed by atoms with Crippen molar-refractivity contribution in [3.63, 3.8) is 0 Å². The molecule has 0 N–H and O–H groups in total. The monoisotopic (exact) mass is 375 g/mol. The van der Waals surface area contributed by atoms with Gasteiger partial charge in [-0.2, -0.15) is 0 Å². The van der Waals surface area contributed by atoms with E-state index in [-0.39, 0.29) is 11.9 Å². The lowest BCUT2D eigenvalue weighted by Gasteiger charge is -2.14. The third-order valence-corrected chi connectivity index (χ3v) is 5.91. The van der Waals surface area contributed by atoms with Gasteiger partial charge in [-0.3, -0.25) is 4.79 Å². The number of carbonyl (C=O) groups excluding carboxylic acids is 1. The van der Waals surface area contributed by atoms with Crippen LogP contribution in [0.1, 0.15) is 22.3 Å². The summed E-state index contributed by atoms with van der Waals surface area (Å²) >= 11 is 1.45. The van der Waals surface area contributed by atoms with Crippen molar-refractivity contribution >= 4 is 27.5 Å². The van der Waals surface area contributed by atoms with E-state index >= 15 is 0 Å². The first-order chi connectivity index (χ1) is 13.3. The quantitative estimate of drug-likeness (QED) is 0.548. The highest BCUT2D eigenvalue weighted by atomic mass is 32.1. The van der Waals surface area contributed by atoms with Crippen molar-refractivity contribution < 1.29 is 4.79 Å². The number of thiazole rings is 1. The van der Waals surface area contributed by atoms with Gasteiger partial charge in [-0.25, -0.2) is 9.67 Å². The first-order valence-corrected chi connectivity index (χ1v) is 9.72. The van der Waals surface area contributed by atoms with Gasteiger partial charge in [-0.05, 0) is 18.6 Å². The van der Waals surface area contributed by atoms with Crippen molar-refractivity contribution in [1.82, 2.24) is 24.9 Å². The maximum Gasteiger partial charge on any atom is 0.282 e. The summed E-state index contributed by atoms with van der Waals surface area (Å²) in [4.78, 5) is 19.2. The second-order valence-corrected chi connectivity index (χ2v) is 7.66.